The van der Waals surface area contributed by atoms with Crippen LogP contribution >= 0.6 is 0 Å². The highest BCUT2D eigenvalue weighted by Gasteiger charge is 2.08. The molecular weight excluding hydrogens is 272 g/mol. The van der Waals surface area contributed by atoms with Gasteiger partial charge in [0.05, 0.1) is 6.54 Å². The van der Waals surface area contributed by atoms with Crippen LogP contribution in [0.5, 0.6) is 0 Å². The summed E-state index contributed by atoms with van der Waals surface area (Å²) in [7, 11) is 0. The molecule has 2 amide bonds. The van der Waals surface area contributed by atoms with Gasteiger partial charge in [0.25, 0.3) is 5.91 Å². The molecule has 0 heterocycles. The Morgan fingerprint density at radius 1 is 1.10 bits per heavy atom. The number of carbonyl (C=O) groups excluding carboxylic acids is 2. The Morgan fingerprint density at radius 3 is 2.43 bits per heavy atom. The number of hydrogen-bond donors (Lipinski definition) is 3. The molecule has 6 heteroatoms. The summed E-state index contributed by atoms with van der Waals surface area (Å²) in [5.41, 5.74) is 2.63. The van der Waals surface area contributed by atoms with E-state index in [2.05, 4.69) is 10.6 Å². The van der Waals surface area contributed by atoms with Crippen LogP contribution in [0.3, 0.4) is 0 Å². The predicted molar refractivity (Wildman–Crippen MR) is 78.1 cm³/mol. The fraction of sp³-hybridized carbons (Fsp3) is 0.400. The van der Waals surface area contributed by atoms with Crippen LogP contribution in [0.1, 0.15) is 34.3 Å². The van der Waals surface area contributed by atoms with Gasteiger partial charge in [0.2, 0.25) is 5.91 Å². The Morgan fingerprint density at radius 2 is 1.81 bits per heavy atom. The minimum absolute atomic E-state index is 0.00921. The zero-order valence-corrected chi connectivity index (χ0v) is 12.2. The second kappa shape index (κ2) is 8.04. The normalized spacial score (nSPS) is 10.0. The molecule has 0 fully saturated rings. The number of rotatable bonds is 7. The zero-order valence-electron chi connectivity index (χ0n) is 12.2. The van der Waals surface area contributed by atoms with Crippen LogP contribution in [-0.4, -0.2) is 36.0 Å². The molecule has 0 aliphatic carbocycles. The van der Waals surface area contributed by atoms with Gasteiger partial charge in [-0.3, -0.25) is 14.4 Å². The standard InChI is InChI=1S/C15H20N2O4/c1-10-5-6-12(8-11(10)2)15(21)17-9-13(18)16-7-3-4-14(19)20/h5-6,8H,3-4,7,9H2,1-2H3,(H,16,18)(H,17,21)(H,19,20). The average molecular weight is 292 g/mol. The number of nitrogens with one attached hydrogen (secondary N) is 2. The van der Waals surface area contributed by atoms with Crippen LogP contribution in [0.15, 0.2) is 18.2 Å². The third-order valence-corrected chi connectivity index (χ3v) is 3.07. The molecule has 1 rings (SSSR count). The summed E-state index contributed by atoms with van der Waals surface area (Å²) < 4.78 is 0. The zero-order chi connectivity index (χ0) is 15.8. The maximum atomic E-state index is 11.9. The Kier molecular flexibility index (Phi) is 6.39. The van der Waals surface area contributed by atoms with E-state index in [1.165, 1.54) is 0 Å². The molecule has 0 unspecified atom stereocenters. The number of hydrogen-bond acceptors (Lipinski definition) is 3. The summed E-state index contributed by atoms with van der Waals surface area (Å²) in [4.78, 5) is 33.6. The highest BCUT2D eigenvalue weighted by atomic mass is 16.4. The van der Waals surface area contributed by atoms with Crippen molar-refractivity contribution in [3.63, 3.8) is 0 Å². The largest absolute Gasteiger partial charge is 0.481 e. The van der Waals surface area contributed by atoms with Gasteiger partial charge in [-0.05, 0) is 43.5 Å². The van der Waals surface area contributed by atoms with Crippen molar-refractivity contribution in [2.24, 2.45) is 0 Å². The number of carbonyl (C=O) groups is 3. The van der Waals surface area contributed by atoms with Crippen molar-refractivity contribution >= 4 is 17.8 Å². The number of aryl methyl sites for hydroxylation is 2. The summed E-state index contributed by atoms with van der Waals surface area (Å²) in [6, 6.07) is 5.34. The first-order chi connectivity index (χ1) is 9.90. The molecule has 0 atom stereocenters. The van der Waals surface area contributed by atoms with Crippen molar-refractivity contribution in [3.05, 3.63) is 34.9 Å². The van der Waals surface area contributed by atoms with Crippen LogP contribution in [0, 0.1) is 13.8 Å². The lowest BCUT2D eigenvalue weighted by atomic mass is 10.1. The molecule has 0 aliphatic rings. The predicted octanol–water partition coefficient (Wildman–Crippen LogP) is 1.01. The van der Waals surface area contributed by atoms with Crippen molar-refractivity contribution in [2.75, 3.05) is 13.1 Å². The molecule has 21 heavy (non-hydrogen) atoms. The van der Waals surface area contributed by atoms with Gasteiger partial charge in [-0.15, -0.1) is 0 Å². The number of amides is 2. The molecule has 6 nitrogen and oxygen atoms in total. The first-order valence-corrected chi connectivity index (χ1v) is 6.74. The van der Waals surface area contributed by atoms with Gasteiger partial charge < -0.3 is 15.7 Å². The molecular formula is C15H20N2O4. The second-order valence-corrected chi connectivity index (χ2v) is 4.83. The molecule has 0 aromatic heterocycles. The van der Waals surface area contributed by atoms with Crippen molar-refractivity contribution in [2.45, 2.75) is 26.7 Å². The number of carboxylic acids is 1. The molecule has 0 saturated heterocycles. The smallest absolute Gasteiger partial charge is 0.303 e. The summed E-state index contributed by atoms with van der Waals surface area (Å²) in [5, 5.41) is 13.5. The van der Waals surface area contributed by atoms with E-state index in [4.69, 9.17) is 5.11 Å². The van der Waals surface area contributed by atoms with Crippen molar-refractivity contribution in [3.8, 4) is 0 Å². The lowest BCUT2D eigenvalue weighted by Crippen LogP contribution is -2.37. The Hall–Kier alpha value is -2.37. The van der Waals surface area contributed by atoms with Crippen molar-refractivity contribution in [1.29, 1.82) is 0 Å². The molecule has 1 aromatic carbocycles. The number of benzene rings is 1. The van der Waals surface area contributed by atoms with Crippen LogP contribution in [0.2, 0.25) is 0 Å². The van der Waals surface area contributed by atoms with Crippen LogP contribution in [0.25, 0.3) is 0 Å². The third kappa shape index (κ3) is 6.07. The summed E-state index contributed by atoms with van der Waals surface area (Å²) >= 11 is 0. The average Bonchev–Trinajstić information content (AvgIpc) is 2.43. The summed E-state index contributed by atoms with van der Waals surface area (Å²) in [5.74, 6) is -1.54. The number of carboxylic acid groups (broad SMARTS) is 1. The molecule has 0 radical (unpaired) electrons. The lowest BCUT2D eigenvalue weighted by molar-refractivity contribution is -0.137. The van der Waals surface area contributed by atoms with E-state index >= 15 is 0 Å². The monoisotopic (exact) mass is 292 g/mol. The van der Waals surface area contributed by atoms with E-state index in [0.29, 0.717) is 12.0 Å². The van der Waals surface area contributed by atoms with Gasteiger partial charge in [-0.2, -0.15) is 0 Å². The maximum absolute atomic E-state index is 11.9. The fourth-order valence-corrected chi connectivity index (χ4v) is 1.68. The number of aliphatic carboxylic acids is 1. The van der Waals surface area contributed by atoms with Crippen LogP contribution in [-0.2, 0) is 9.59 Å². The summed E-state index contributed by atoms with van der Waals surface area (Å²) in [6.45, 7) is 4.03. The van der Waals surface area contributed by atoms with E-state index in [-0.39, 0.29) is 31.3 Å². The molecule has 0 saturated carbocycles. The minimum atomic E-state index is -0.896. The van der Waals surface area contributed by atoms with Gasteiger partial charge >= 0.3 is 5.97 Å². The molecule has 0 bridgehead atoms. The topological polar surface area (TPSA) is 95.5 Å². The second-order valence-electron chi connectivity index (χ2n) is 4.83. The van der Waals surface area contributed by atoms with Gasteiger partial charge in [0, 0.05) is 18.5 Å². The Labute approximate surface area is 123 Å². The van der Waals surface area contributed by atoms with Crippen LogP contribution < -0.4 is 10.6 Å². The Balaban J connectivity index is 2.33. The molecule has 3 N–H and O–H groups in total. The van der Waals surface area contributed by atoms with E-state index < -0.39 is 5.97 Å². The van der Waals surface area contributed by atoms with Gasteiger partial charge in [0.1, 0.15) is 0 Å². The molecule has 0 aliphatic heterocycles. The maximum Gasteiger partial charge on any atom is 0.303 e. The quantitative estimate of drug-likeness (QED) is 0.654. The van der Waals surface area contributed by atoms with E-state index in [1.54, 1.807) is 12.1 Å². The SMILES string of the molecule is Cc1ccc(C(=O)NCC(=O)NCCCC(=O)O)cc1C. The minimum Gasteiger partial charge on any atom is -0.481 e. The molecule has 114 valence electrons. The van der Waals surface area contributed by atoms with Gasteiger partial charge in [-0.25, -0.2) is 0 Å². The third-order valence-electron chi connectivity index (χ3n) is 3.07. The van der Waals surface area contributed by atoms with E-state index in [0.717, 1.165) is 11.1 Å². The summed E-state index contributed by atoms with van der Waals surface area (Å²) in [6.07, 6.45) is 0.376. The van der Waals surface area contributed by atoms with Crippen LogP contribution in [0.4, 0.5) is 0 Å². The highest BCUT2D eigenvalue weighted by molar-refractivity contribution is 5.96. The first kappa shape index (κ1) is 16.7. The van der Waals surface area contributed by atoms with Crippen molar-refractivity contribution < 1.29 is 19.5 Å². The Bertz CT molecular complexity index is 540. The van der Waals surface area contributed by atoms with Gasteiger partial charge in [-0.1, -0.05) is 6.07 Å². The highest BCUT2D eigenvalue weighted by Crippen LogP contribution is 2.09. The van der Waals surface area contributed by atoms with E-state index in [1.807, 2.05) is 19.9 Å². The van der Waals surface area contributed by atoms with Gasteiger partial charge in [0.15, 0.2) is 0 Å². The molecule has 1 aromatic rings. The van der Waals surface area contributed by atoms with E-state index in [9.17, 15) is 14.4 Å². The lowest BCUT2D eigenvalue weighted by Gasteiger charge is -2.08. The first-order valence-electron chi connectivity index (χ1n) is 6.74. The molecule has 0 spiro atoms. The van der Waals surface area contributed by atoms with Crippen molar-refractivity contribution in [1.82, 2.24) is 10.6 Å². The fourth-order valence-electron chi connectivity index (χ4n) is 1.68.